The van der Waals surface area contributed by atoms with Gasteiger partial charge in [0, 0.05) is 10.2 Å². The van der Waals surface area contributed by atoms with Gasteiger partial charge in [-0.05, 0) is 48.4 Å². The fraction of sp³-hybridized carbons (Fsp3) is 0.235. The molecule has 0 unspecified atom stereocenters. The van der Waals surface area contributed by atoms with E-state index >= 15 is 0 Å². The fourth-order valence-electron chi connectivity index (χ4n) is 2.38. The standard InChI is InChI=1S/C17H15BrFNO3/c1-10-6-12(19)2-3-14(10)20-17(21)8-11-7-15-16(9-13(11)18)23-5-4-22-15/h2-3,6-7,9H,4-5,8H2,1H3,(H,20,21). The van der Waals surface area contributed by atoms with Crippen LogP contribution in [0.25, 0.3) is 0 Å². The molecule has 23 heavy (non-hydrogen) atoms. The molecule has 0 saturated carbocycles. The number of ether oxygens (including phenoxy) is 2. The number of carbonyl (C=O) groups excluding carboxylic acids is 1. The molecule has 6 heteroatoms. The molecule has 0 radical (unpaired) electrons. The third kappa shape index (κ3) is 3.64. The lowest BCUT2D eigenvalue weighted by Gasteiger charge is -2.20. The molecule has 1 heterocycles. The van der Waals surface area contributed by atoms with E-state index in [0.717, 1.165) is 10.0 Å². The Morgan fingerprint density at radius 1 is 1.22 bits per heavy atom. The summed E-state index contributed by atoms with van der Waals surface area (Å²) in [4.78, 5) is 12.2. The summed E-state index contributed by atoms with van der Waals surface area (Å²) in [6, 6.07) is 7.87. The Labute approximate surface area is 141 Å². The van der Waals surface area contributed by atoms with E-state index in [1.807, 2.05) is 0 Å². The molecule has 0 spiro atoms. The van der Waals surface area contributed by atoms with Gasteiger partial charge in [-0.1, -0.05) is 15.9 Å². The molecule has 0 bridgehead atoms. The van der Waals surface area contributed by atoms with Crippen LogP contribution in [0, 0.1) is 12.7 Å². The van der Waals surface area contributed by atoms with Crippen molar-refractivity contribution in [2.24, 2.45) is 0 Å². The van der Waals surface area contributed by atoms with Crippen LogP contribution >= 0.6 is 15.9 Å². The Morgan fingerprint density at radius 3 is 2.61 bits per heavy atom. The van der Waals surface area contributed by atoms with Crippen LogP contribution in [-0.4, -0.2) is 19.1 Å². The number of benzene rings is 2. The summed E-state index contributed by atoms with van der Waals surface area (Å²) in [5, 5.41) is 2.79. The number of nitrogens with one attached hydrogen (secondary N) is 1. The van der Waals surface area contributed by atoms with Crippen molar-refractivity contribution in [3.8, 4) is 11.5 Å². The molecule has 0 aliphatic carbocycles. The largest absolute Gasteiger partial charge is 0.486 e. The maximum absolute atomic E-state index is 13.1. The van der Waals surface area contributed by atoms with E-state index in [1.54, 1.807) is 25.1 Å². The number of aryl methyl sites for hydroxylation is 1. The normalized spacial score (nSPS) is 12.8. The molecule has 1 aliphatic rings. The van der Waals surface area contributed by atoms with Crippen LogP contribution in [0.3, 0.4) is 0 Å². The van der Waals surface area contributed by atoms with Gasteiger partial charge in [0.2, 0.25) is 5.91 Å². The Kier molecular flexibility index (Phi) is 4.52. The highest BCUT2D eigenvalue weighted by Crippen LogP contribution is 2.35. The zero-order valence-electron chi connectivity index (χ0n) is 12.5. The number of hydrogen-bond acceptors (Lipinski definition) is 3. The van der Waals surface area contributed by atoms with Crippen molar-refractivity contribution in [3.05, 3.63) is 51.7 Å². The summed E-state index contributed by atoms with van der Waals surface area (Å²) in [6.07, 6.45) is 0.175. The van der Waals surface area contributed by atoms with E-state index in [4.69, 9.17) is 9.47 Å². The topological polar surface area (TPSA) is 47.6 Å². The lowest BCUT2D eigenvalue weighted by molar-refractivity contribution is -0.115. The summed E-state index contributed by atoms with van der Waals surface area (Å²) < 4.78 is 24.9. The van der Waals surface area contributed by atoms with Crippen LogP contribution in [0.15, 0.2) is 34.8 Å². The third-order valence-electron chi connectivity index (χ3n) is 3.52. The Morgan fingerprint density at radius 2 is 1.91 bits per heavy atom. The van der Waals surface area contributed by atoms with Crippen molar-refractivity contribution in [1.82, 2.24) is 0 Å². The molecule has 0 aromatic heterocycles. The van der Waals surface area contributed by atoms with Gasteiger partial charge in [0.05, 0.1) is 6.42 Å². The minimum Gasteiger partial charge on any atom is -0.486 e. The van der Waals surface area contributed by atoms with E-state index in [0.29, 0.717) is 36.0 Å². The van der Waals surface area contributed by atoms with Gasteiger partial charge in [0.25, 0.3) is 0 Å². The summed E-state index contributed by atoms with van der Waals surface area (Å²) in [6.45, 7) is 2.76. The highest BCUT2D eigenvalue weighted by Gasteiger charge is 2.17. The Hall–Kier alpha value is -2.08. The fourth-order valence-corrected chi connectivity index (χ4v) is 2.84. The first-order chi connectivity index (χ1) is 11.0. The van der Waals surface area contributed by atoms with Gasteiger partial charge in [-0.15, -0.1) is 0 Å². The summed E-state index contributed by atoms with van der Waals surface area (Å²) in [7, 11) is 0. The van der Waals surface area contributed by atoms with Crippen LogP contribution in [0.2, 0.25) is 0 Å². The number of halogens is 2. The molecule has 1 aliphatic heterocycles. The van der Waals surface area contributed by atoms with E-state index in [-0.39, 0.29) is 18.1 Å². The molecule has 120 valence electrons. The molecule has 3 rings (SSSR count). The minimum absolute atomic E-state index is 0.175. The second-order valence-corrected chi connectivity index (χ2v) is 6.13. The molecular weight excluding hydrogens is 365 g/mol. The van der Waals surface area contributed by atoms with Crippen LogP contribution in [0.5, 0.6) is 11.5 Å². The van der Waals surface area contributed by atoms with Crippen LogP contribution in [0.4, 0.5) is 10.1 Å². The molecule has 0 saturated heterocycles. The third-order valence-corrected chi connectivity index (χ3v) is 4.26. The first-order valence-corrected chi connectivity index (χ1v) is 7.96. The molecule has 2 aromatic rings. The molecule has 1 N–H and O–H groups in total. The van der Waals surface area contributed by atoms with E-state index in [1.165, 1.54) is 12.1 Å². The van der Waals surface area contributed by atoms with Gasteiger partial charge in [-0.25, -0.2) is 4.39 Å². The lowest BCUT2D eigenvalue weighted by Crippen LogP contribution is -2.18. The lowest BCUT2D eigenvalue weighted by atomic mass is 10.1. The quantitative estimate of drug-likeness (QED) is 0.880. The van der Waals surface area contributed by atoms with Crippen LogP contribution < -0.4 is 14.8 Å². The number of amides is 1. The SMILES string of the molecule is Cc1cc(F)ccc1NC(=O)Cc1cc2c(cc1Br)OCCO2. The summed E-state index contributed by atoms with van der Waals surface area (Å²) in [5.41, 5.74) is 2.08. The Bertz CT molecular complexity index is 764. The summed E-state index contributed by atoms with van der Waals surface area (Å²) in [5.74, 6) is 0.800. The molecular formula is C17H15BrFNO3. The number of fused-ring (bicyclic) bond motifs is 1. The highest BCUT2D eigenvalue weighted by molar-refractivity contribution is 9.10. The smallest absolute Gasteiger partial charge is 0.228 e. The zero-order valence-corrected chi connectivity index (χ0v) is 14.1. The van der Waals surface area contributed by atoms with Gasteiger partial charge < -0.3 is 14.8 Å². The maximum Gasteiger partial charge on any atom is 0.228 e. The van der Waals surface area contributed by atoms with Crippen molar-refractivity contribution in [1.29, 1.82) is 0 Å². The first kappa shape index (κ1) is 15.8. The van der Waals surface area contributed by atoms with Gasteiger partial charge >= 0.3 is 0 Å². The first-order valence-electron chi connectivity index (χ1n) is 7.17. The number of anilines is 1. The van der Waals surface area contributed by atoms with Crippen molar-refractivity contribution in [3.63, 3.8) is 0 Å². The van der Waals surface area contributed by atoms with Gasteiger partial charge in [-0.2, -0.15) is 0 Å². The number of hydrogen-bond donors (Lipinski definition) is 1. The molecule has 1 amide bonds. The van der Waals surface area contributed by atoms with Crippen molar-refractivity contribution >= 4 is 27.5 Å². The summed E-state index contributed by atoms with van der Waals surface area (Å²) >= 11 is 3.45. The monoisotopic (exact) mass is 379 g/mol. The minimum atomic E-state index is -0.324. The van der Waals surface area contributed by atoms with Crippen molar-refractivity contribution in [2.75, 3.05) is 18.5 Å². The predicted octanol–water partition coefficient (Wildman–Crippen LogP) is 3.85. The Balaban J connectivity index is 1.75. The molecule has 2 aromatic carbocycles. The predicted molar refractivity (Wildman–Crippen MR) is 88.6 cm³/mol. The van der Waals surface area contributed by atoms with Crippen LogP contribution in [-0.2, 0) is 11.2 Å². The maximum atomic E-state index is 13.1. The molecule has 0 fully saturated rings. The average molecular weight is 380 g/mol. The van der Waals surface area contributed by atoms with Crippen molar-refractivity contribution in [2.45, 2.75) is 13.3 Å². The van der Waals surface area contributed by atoms with Gasteiger partial charge in [0.1, 0.15) is 19.0 Å². The zero-order chi connectivity index (χ0) is 16.4. The molecule has 4 nitrogen and oxygen atoms in total. The molecule has 0 atom stereocenters. The van der Waals surface area contributed by atoms with Gasteiger partial charge in [0.15, 0.2) is 11.5 Å². The van der Waals surface area contributed by atoms with Crippen molar-refractivity contribution < 1.29 is 18.7 Å². The number of carbonyl (C=O) groups is 1. The number of rotatable bonds is 3. The van der Waals surface area contributed by atoms with E-state index in [9.17, 15) is 9.18 Å². The van der Waals surface area contributed by atoms with E-state index in [2.05, 4.69) is 21.2 Å². The second kappa shape index (κ2) is 6.58. The van der Waals surface area contributed by atoms with Crippen LogP contribution in [0.1, 0.15) is 11.1 Å². The van der Waals surface area contributed by atoms with E-state index < -0.39 is 0 Å². The second-order valence-electron chi connectivity index (χ2n) is 5.27. The highest BCUT2D eigenvalue weighted by atomic mass is 79.9. The average Bonchev–Trinajstić information content (AvgIpc) is 2.51. The van der Waals surface area contributed by atoms with Gasteiger partial charge in [-0.3, -0.25) is 4.79 Å².